The molecule has 0 saturated heterocycles. The Kier molecular flexibility index (Phi) is 4.45. The highest BCUT2D eigenvalue weighted by molar-refractivity contribution is 5.37. The Morgan fingerprint density at radius 1 is 1.24 bits per heavy atom. The molecule has 0 amide bonds. The van der Waals surface area contributed by atoms with Crippen LogP contribution in [0.25, 0.3) is 0 Å². The van der Waals surface area contributed by atoms with Crippen LogP contribution in [0.2, 0.25) is 0 Å². The van der Waals surface area contributed by atoms with Crippen molar-refractivity contribution in [2.24, 2.45) is 5.73 Å². The zero-order valence-electron chi connectivity index (χ0n) is 12.4. The van der Waals surface area contributed by atoms with Crippen molar-refractivity contribution in [1.82, 2.24) is 0 Å². The van der Waals surface area contributed by atoms with Crippen molar-refractivity contribution in [3.05, 3.63) is 29.6 Å². The number of halogens is 1. The molecule has 0 aromatic heterocycles. The third-order valence-electron chi connectivity index (χ3n) is 4.56. The lowest BCUT2D eigenvalue weighted by Gasteiger charge is -2.28. The molecule has 2 N–H and O–H groups in total. The van der Waals surface area contributed by atoms with Crippen LogP contribution >= 0.6 is 0 Å². The third-order valence-corrected chi connectivity index (χ3v) is 4.56. The van der Waals surface area contributed by atoms with Gasteiger partial charge in [0.15, 0.2) is 0 Å². The highest BCUT2D eigenvalue weighted by atomic mass is 19.1. The van der Waals surface area contributed by atoms with E-state index in [0.717, 1.165) is 24.2 Å². The standard InChI is InChI=1S/C17H24FNO2/c18-14-5-6-16-13(9-14)10-15(21-16)11-20-12-17(19)7-3-1-2-4-8-17/h5-6,9,15H,1-4,7-8,10-12,19H2. The van der Waals surface area contributed by atoms with Gasteiger partial charge in [-0.15, -0.1) is 0 Å². The second-order valence-electron chi connectivity index (χ2n) is 6.49. The molecule has 1 unspecified atom stereocenters. The Hall–Kier alpha value is -1.13. The molecular weight excluding hydrogens is 269 g/mol. The van der Waals surface area contributed by atoms with Crippen LogP contribution in [0.3, 0.4) is 0 Å². The van der Waals surface area contributed by atoms with Gasteiger partial charge in [0.05, 0.1) is 13.2 Å². The van der Waals surface area contributed by atoms with E-state index in [1.165, 1.54) is 31.7 Å². The Labute approximate surface area is 125 Å². The topological polar surface area (TPSA) is 44.5 Å². The number of hydrogen-bond donors (Lipinski definition) is 1. The molecule has 1 saturated carbocycles. The summed E-state index contributed by atoms with van der Waals surface area (Å²) in [5.74, 6) is 0.570. The van der Waals surface area contributed by atoms with E-state index < -0.39 is 0 Å². The summed E-state index contributed by atoms with van der Waals surface area (Å²) in [6.45, 7) is 1.12. The third kappa shape index (κ3) is 3.74. The number of rotatable bonds is 4. The van der Waals surface area contributed by atoms with E-state index in [4.69, 9.17) is 15.2 Å². The molecular formula is C17H24FNO2. The maximum absolute atomic E-state index is 13.2. The van der Waals surface area contributed by atoms with Gasteiger partial charge in [-0.3, -0.25) is 0 Å². The molecule has 1 aliphatic heterocycles. The average molecular weight is 293 g/mol. The zero-order chi connectivity index (χ0) is 14.7. The van der Waals surface area contributed by atoms with Crippen molar-refractivity contribution < 1.29 is 13.9 Å². The van der Waals surface area contributed by atoms with Crippen molar-refractivity contribution >= 4 is 0 Å². The number of fused-ring (bicyclic) bond motifs is 1. The molecule has 1 atom stereocenters. The van der Waals surface area contributed by atoms with Crippen LogP contribution in [0, 0.1) is 5.82 Å². The monoisotopic (exact) mass is 293 g/mol. The van der Waals surface area contributed by atoms with E-state index in [2.05, 4.69) is 0 Å². The van der Waals surface area contributed by atoms with E-state index in [1.54, 1.807) is 12.1 Å². The molecule has 2 aliphatic rings. The molecule has 1 fully saturated rings. The molecule has 116 valence electrons. The fourth-order valence-corrected chi connectivity index (χ4v) is 3.35. The van der Waals surface area contributed by atoms with Crippen molar-refractivity contribution in [1.29, 1.82) is 0 Å². The largest absolute Gasteiger partial charge is 0.487 e. The lowest BCUT2D eigenvalue weighted by atomic mass is 9.92. The first kappa shape index (κ1) is 14.8. The second kappa shape index (κ2) is 6.32. The summed E-state index contributed by atoms with van der Waals surface area (Å²) in [5.41, 5.74) is 7.19. The Morgan fingerprint density at radius 2 is 2.00 bits per heavy atom. The smallest absolute Gasteiger partial charge is 0.126 e. The lowest BCUT2D eigenvalue weighted by Crippen LogP contribution is -2.44. The number of benzene rings is 1. The lowest BCUT2D eigenvalue weighted by molar-refractivity contribution is 0.0291. The first-order valence-corrected chi connectivity index (χ1v) is 7.96. The number of hydrogen-bond acceptors (Lipinski definition) is 3. The van der Waals surface area contributed by atoms with Gasteiger partial charge in [0.25, 0.3) is 0 Å². The maximum atomic E-state index is 13.2. The summed E-state index contributed by atoms with van der Waals surface area (Å²) < 4.78 is 24.8. The van der Waals surface area contributed by atoms with Gasteiger partial charge in [0.2, 0.25) is 0 Å². The zero-order valence-corrected chi connectivity index (χ0v) is 12.4. The SMILES string of the molecule is NC1(COCC2Cc3cc(F)ccc3O2)CCCCCC1. The van der Waals surface area contributed by atoms with E-state index >= 15 is 0 Å². The maximum Gasteiger partial charge on any atom is 0.126 e. The van der Waals surface area contributed by atoms with Crippen LogP contribution in [0.5, 0.6) is 5.75 Å². The van der Waals surface area contributed by atoms with Gasteiger partial charge < -0.3 is 15.2 Å². The quantitative estimate of drug-likeness (QED) is 0.867. The van der Waals surface area contributed by atoms with Crippen LogP contribution in [0.15, 0.2) is 18.2 Å². The van der Waals surface area contributed by atoms with Gasteiger partial charge in [-0.25, -0.2) is 4.39 Å². The molecule has 0 bridgehead atoms. The first-order valence-electron chi connectivity index (χ1n) is 7.96. The molecule has 3 nitrogen and oxygen atoms in total. The molecule has 1 aliphatic carbocycles. The van der Waals surface area contributed by atoms with Crippen LogP contribution in [0.4, 0.5) is 4.39 Å². The molecule has 0 radical (unpaired) electrons. The van der Waals surface area contributed by atoms with Crippen LogP contribution < -0.4 is 10.5 Å². The van der Waals surface area contributed by atoms with Crippen LogP contribution in [-0.2, 0) is 11.2 Å². The minimum Gasteiger partial charge on any atom is -0.487 e. The molecule has 3 rings (SSSR count). The van der Waals surface area contributed by atoms with E-state index in [-0.39, 0.29) is 17.5 Å². The predicted octanol–water partition coefficient (Wildman–Crippen LogP) is 3.20. The van der Waals surface area contributed by atoms with Gasteiger partial charge >= 0.3 is 0 Å². The second-order valence-corrected chi connectivity index (χ2v) is 6.49. The number of nitrogens with two attached hydrogens (primary N) is 1. The van der Waals surface area contributed by atoms with Crippen molar-refractivity contribution in [3.63, 3.8) is 0 Å². The van der Waals surface area contributed by atoms with Gasteiger partial charge in [-0.2, -0.15) is 0 Å². The summed E-state index contributed by atoms with van der Waals surface area (Å²) in [6, 6.07) is 4.67. The Balaban J connectivity index is 1.46. The molecule has 1 aromatic rings. The fraction of sp³-hybridized carbons (Fsp3) is 0.647. The minimum atomic E-state index is -0.210. The first-order chi connectivity index (χ1) is 10.1. The van der Waals surface area contributed by atoms with Gasteiger partial charge in [-0.1, -0.05) is 25.7 Å². The van der Waals surface area contributed by atoms with E-state index in [0.29, 0.717) is 19.6 Å². The van der Waals surface area contributed by atoms with Gasteiger partial charge in [-0.05, 0) is 31.0 Å². The van der Waals surface area contributed by atoms with Crippen LogP contribution in [-0.4, -0.2) is 24.9 Å². The average Bonchev–Trinajstić information content (AvgIpc) is 2.71. The summed E-state index contributed by atoms with van der Waals surface area (Å²) >= 11 is 0. The van der Waals surface area contributed by atoms with Crippen molar-refractivity contribution in [2.75, 3.05) is 13.2 Å². The Morgan fingerprint density at radius 3 is 2.76 bits per heavy atom. The van der Waals surface area contributed by atoms with Gasteiger partial charge in [0.1, 0.15) is 17.7 Å². The molecule has 4 heteroatoms. The molecule has 21 heavy (non-hydrogen) atoms. The number of ether oxygens (including phenoxy) is 2. The summed E-state index contributed by atoms with van der Waals surface area (Å²) in [5, 5.41) is 0. The normalized spacial score (nSPS) is 24.2. The van der Waals surface area contributed by atoms with Crippen molar-refractivity contribution in [2.45, 2.75) is 56.6 Å². The van der Waals surface area contributed by atoms with Gasteiger partial charge in [0, 0.05) is 17.5 Å². The van der Waals surface area contributed by atoms with Crippen molar-refractivity contribution in [3.8, 4) is 5.75 Å². The highest BCUT2D eigenvalue weighted by Gasteiger charge is 2.28. The van der Waals surface area contributed by atoms with Crippen LogP contribution in [0.1, 0.15) is 44.1 Å². The summed E-state index contributed by atoms with van der Waals surface area (Å²) in [7, 11) is 0. The molecule has 1 heterocycles. The molecule has 0 spiro atoms. The summed E-state index contributed by atoms with van der Waals surface area (Å²) in [6.07, 6.45) is 7.75. The Bertz CT molecular complexity index is 484. The highest BCUT2D eigenvalue weighted by Crippen LogP contribution is 2.30. The van der Waals surface area contributed by atoms with E-state index in [9.17, 15) is 4.39 Å². The molecule has 1 aromatic carbocycles. The van der Waals surface area contributed by atoms with E-state index in [1.807, 2.05) is 0 Å². The fourth-order valence-electron chi connectivity index (χ4n) is 3.35. The predicted molar refractivity (Wildman–Crippen MR) is 80.0 cm³/mol. The summed E-state index contributed by atoms with van der Waals surface area (Å²) in [4.78, 5) is 0. The minimum absolute atomic E-state index is 0.0174.